The Labute approximate surface area is 72.1 Å². The summed E-state index contributed by atoms with van der Waals surface area (Å²) in [6.45, 7) is 1.93. The molecule has 2 unspecified atom stereocenters. The fraction of sp³-hybridized carbons (Fsp3) is 0.778. The van der Waals surface area contributed by atoms with E-state index in [-0.39, 0.29) is 23.6 Å². The number of hydrogen-bond donors (Lipinski definition) is 0. The van der Waals surface area contributed by atoms with Gasteiger partial charge in [0, 0.05) is 12.3 Å². The second-order valence-corrected chi connectivity index (χ2v) is 3.15. The molecule has 0 aliphatic heterocycles. The van der Waals surface area contributed by atoms with E-state index < -0.39 is 0 Å². The molecule has 0 saturated heterocycles. The molecule has 3 nitrogen and oxygen atoms in total. The van der Waals surface area contributed by atoms with E-state index in [4.69, 9.17) is 0 Å². The van der Waals surface area contributed by atoms with Crippen molar-refractivity contribution in [3.05, 3.63) is 0 Å². The van der Waals surface area contributed by atoms with Crippen molar-refractivity contribution in [3.63, 3.8) is 0 Å². The molecular weight excluding hydrogens is 156 g/mol. The van der Waals surface area contributed by atoms with Gasteiger partial charge in [-0.2, -0.15) is 0 Å². The zero-order chi connectivity index (χ0) is 9.14. The summed E-state index contributed by atoms with van der Waals surface area (Å²) in [6.07, 6.45) is 1.96. The highest BCUT2D eigenvalue weighted by Gasteiger charge is 2.38. The lowest BCUT2D eigenvalue weighted by atomic mass is 9.93. The average Bonchev–Trinajstić information content (AvgIpc) is 2.45. The van der Waals surface area contributed by atoms with Crippen LogP contribution < -0.4 is 0 Å². The van der Waals surface area contributed by atoms with Crippen LogP contribution in [0.3, 0.4) is 0 Å². The van der Waals surface area contributed by atoms with E-state index in [2.05, 4.69) is 4.74 Å². The molecule has 1 aliphatic carbocycles. The topological polar surface area (TPSA) is 43.4 Å². The normalized spacial score (nSPS) is 29.0. The Morgan fingerprint density at radius 1 is 1.67 bits per heavy atom. The molecule has 0 bridgehead atoms. The second-order valence-electron chi connectivity index (χ2n) is 3.15. The quantitative estimate of drug-likeness (QED) is 0.584. The van der Waals surface area contributed by atoms with Gasteiger partial charge in [0.25, 0.3) is 0 Å². The molecule has 68 valence electrons. The Kier molecular flexibility index (Phi) is 2.84. The average molecular weight is 170 g/mol. The molecule has 2 atom stereocenters. The first-order valence-corrected chi connectivity index (χ1v) is 4.31. The first-order chi connectivity index (χ1) is 5.70. The molecule has 1 aliphatic rings. The number of carbonyl (C=O) groups excluding carboxylic acids is 2. The molecule has 0 amide bonds. The molecule has 0 aromatic rings. The first-order valence-electron chi connectivity index (χ1n) is 4.31. The largest absolute Gasteiger partial charge is 0.469 e. The van der Waals surface area contributed by atoms with E-state index in [0.717, 1.165) is 6.42 Å². The van der Waals surface area contributed by atoms with E-state index in [1.165, 1.54) is 7.11 Å². The first kappa shape index (κ1) is 9.23. The third kappa shape index (κ3) is 1.49. The van der Waals surface area contributed by atoms with Gasteiger partial charge in [-0.25, -0.2) is 0 Å². The molecule has 0 aromatic heterocycles. The van der Waals surface area contributed by atoms with Crippen LogP contribution in [0.25, 0.3) is 0 Å². The van der Waals surface area contributed by atoms with E-state index in [1.807, 2.05) is 6.92 Å². The van der Waals surface area contributed by atoms with Gasteiger partial charge < -0.3 is 4.74 Å². The van der Waals surface area contributed by atoms with E-state index in [1.54, 1.807) is 0 Å². The van der Waals surface area contributed by atoms with Gasteiger partial charge in [0.15, 0.2) is 0 Å². The van der Waals surface area contributed by atoms with Crippen LogP contribution in [0, 0.1) is 11.8 Å². The molecule has 0 spiro atoms. The molecule has 0 radical (unpaired) electrons. The van der Waals surface area contributed by atoms with Crippen LogP contribution in [0.4, 0.5) is 0 Å². The Balaban J connectivity index is 2.66. The lowest BCUT2D eigenvalue weighted by molar-refractivity contribution is -0.147. The van der Waals surface area contributed by atoms with Gasteiger partial charge in [-0.15, -0.1) is 0 Å². The molecule has 0 aromatic carbocycles. The van der Waals surface area contributed by atoms with Gasteiger partial charge >= 0.3 is 5.97 Å². The zero-order valence-corrected chi connectivity index (χ0v) is 7.50. The summed E-state index contributed by atoms with van der Waals surface area (Å²) in [6, 6.07) is 0. The van der Waals surface area contributed by atoms with Gasteiger partial charge in [-0.05, 0) is 12.8 Å². The number of hydrogen-bond acceptors (Lipinski definition) is 3. The highest BCUT2D eigenvalue weighted by molar-refractivity contribution is 5.90. The van der Waals surface area contributed by atoms with E-state index in [9.17, 15) is 9.59 Å². The van der Waals surface area contributed by atoms with Crippen molar-refractivity contribution in [3.8, 4) is 0 Å². The van der Waals surface area contributed by atoms with Crippen LogP contribution >= 0.6 is 0 Å². The number of esters is 1. The zero-order valence-electron chi connectivity index (χ0n) is 7.50. The monoisotopic (exact) mass is 170 g/mol. The highest BCUT2D eigenvalue weighted by atomic mass is 16.5. The van der Waals surface area contributed by atoms with E-state index in [0.29, 0.717) is 12.8 Å². The molecule has 12 heavy (non-hydrogen) atoms. The summed E-state index contributed by atoms with van der Waals surface area (Å²) in [5, 5.41) is 0. The number of methoxy groups -OCH3 is 1. The third-order valence-electron chi connectivity index (χ3n) is 2.54. The van der Waals surface area contributed by atoms with E-state index >= 15 is 0 Å². The van der Waals surface area contributed by atoms with Crippen LogP contribution in [0.5, 0.6) is 0 Å². The van der Waals surface area contributed by atoms with Crippen molar-refractivity contribution in [1.82, 2.24) is 0 Å². The molecule has 1 saturated carbocycles. The summed E-state index contributed by atoms with van der Waals surface area (Å²) in [5.74, 6) is -0.273. The van der Waals surface area contributed by atoms with Crippen molar-refractivity contribution in [2.45, 2.75) is 26.2 Å². The van der Waals surface area contributed by atoms with Crippen LogP contribution in [-0.4, -0.2) is 18.9 Å². The maximum absolute atomic E-state index is 11.2. The Morgan fingerprint density at radius 3 is 2.83 bits per heavy atom. The summed E-state index contributed by atoms with van der Waals surface area (Å²) in [7, 11) is 1.37. The van der Waals surface area contributed by atoms with Crippen LogP contribution in [0.1, 0.15) is 26.2 Å². The van der Waals surface area contributed by atoms with Gasteiger partial charge in [0.05, 0.1) is 13.0 Å². The van der Waals surface area contributed by atoms with Crippen molar-refractivity contribution in [2.75, 3.05) is 7.11 Å². The van der Waals surface area contributed by atoms with Gasteiger partial charge in [-0.3, -0.25) is 9.59 Å². The minimum absolute atomic E-state index is 0.0857. The number of Topliss-reactive ketones (excluding diaryl/α,β-unsaturated/α-hetero) is 1. The lowest BCUT2D eigenvalue weighted by Gasteiger charge is -2.13. The van der Waals surface area contributed by atoms with Gasteiger partial charge in [0.1, 0.15) is 5.78 Å². The van der Waals surface area contributed by atoms with Crippen molar-refractivity contribution in [2.24, 2.45) is 11.8 Å². The Bertz CT molecular complexity index is 198. The lowest BCUT2D eigenvalue weighted by Crippen LogP contribution is -2.22. The third-order valence-corrected chi connectivity index (χ3v) is 2.54. The van der Waals surface area contributed by atoms with Gasteiger partial charge in [-0.1, -0.05) is 6.92 Å². The molecule has 3 heteroatoms. The fourth-order valence-electron chi connectivity index (χ4n) is 1.85. The smallest absolute Gasteiger partial charge is 0.309 e. The SMILES string of the molecule is CCC1C(=O)CCC1C(=O)OC. The van der Waals surface area contributed by atoms with Crippen LogP contribution in [0.2, 0.25) is 0 Å². The summed E-state index contributed by atoms with van der Waals surface area (Å²) < 4.78 is 4.62. The van der Waals surface area contributed by atoms with Crippen LogP contribution in [0.15, 0.2) is 0 Å². The number of ketones is 1. The predicted octanol–water partition coefficient (Wildman–Crippen LogP) is 1.16. The standard InChI is InChI=1S/C9H14O3/c1-3-6-7(9(11)12-2)4-5-8(6)10/h6-7H,3-5H2,1-2H3. The maximum atomic E-state index is 11.2. The molecule has 1 fully saturated rings. The minimum Gasteiger partial charge on any atom is -0.469 e. The summed E-state index contributed by atoms with van der Waals surface area (Å²) >= 11 is 0. The Morgan fingerprint density at radius 2 is 2.33 bits per heavy atom. The van der Waals surface area contributed by atoms with Crippen molar-refractivity contribution < 1.29 is 14.3 Å². The Hall–Kier alpha value is -0.860. The molecule has 0 heterocycles. The summed E-state index contributed by atoms with van der Waals surface area (Å²) in [4.78, 5) is 22.4. The highest BCUT2D eigenvalue weighted by Crippen LogP contribution is 2.31. The molecule has 1 rings (SSSR count). The molecular formula is C9H14O3. The second kappa shape index (κ2) is 3.70. The summed E-state index contributed by atoms with van der Waals surface area (Å²) in [5.41, 5.74) is 0. The van der Waals surface area contributed by atoms with Gasteiger partial charge in [0.2, 0.25) is 0 Å². The molecule has 0 N–H and O–H groups in total. The fourth-order valence-corrected chi connectivity index (χ4v) is 1.85. The van der Waals surface area contributed by atoms with Crippen LogP contribution in [-0.2, 0) is 14.3 Å². The maximum Gasteiger partial charge on any atom is 0.309 e. The van der Waals surface area contributed by atoms with Crippen molar-refractivity contribution >= 4 is 11.8 Å². The predicted molar refractivity (Wildman–Crippen MR) is 43.5 cm³/mol. The minimum atomic E-state index is -0.229. The number of ether oxygens (including phenoxy) is 1. The number of carbonyl (C=O) groups is 2. The van der Waals surface area contributed by atoms with Crippen molar-refractivity contribution in [1.29, 1.82) is 0 Å². The number of rotatable bonds is 2.